The van der Waals surface area contributed by atoms with Crippen LogP contribution in [0.5, 0.6) is 0 Å². The summed E-state index contributed by atoms with van der Waals surface area (Å²) in [5.74, 6) is -0.981. The maximum atomic E-state index is 12.8. The summed E-state index contributed by atoms with van der Waals surface area (Å²) in [4.78, 5) is 24.0. The number of benzene rings is 2. The zero-order valence-electron chi connectivity index (χ0n) is 13.2. The third kappa shape index (κ3) is 4.39. The zero-order chi connectivity index (χ0) is 17.8. The molecule has 0 aromatic heterocycles. The SMILES string of the molecule is O=C(NC(=S)NNC(=O)[C@@H]1C[C@H]1c1ccccc1)c1ccc(F)cc1. The Labute approximate surface area is 149 Å². The number of hydrazine groups is 1. The van der Waals surface area contributed by atoms with Crippen molar-refractivity contribution < 1.29 is 14.0 Å². The van der Waals surface area contributed by atoms with Crippen LogP contribution < -0.4 is 16.2 Å². The molecule has 7 heteroatoms. The van der Waals surface area contributed by atoms with Crippen molar-refractivity contribution >= 4 is 29.1 Å². The molecule has 0 radical (unpaired) electrons. The van der Waals surface area contributed by atoms with E-state index < -0.39 is 11.7 Å². The van der Waals surface area contributed by atoms with Crippen molar-refractivity contribution in [1.82, 2.24) is 16.2 Å². The average Bonchev–Trinajstić information content (AvgIpc) is 3.42. The number of nitrogens with one attached hydrogen (secondary N) is 3. The minimum absolute atomic E-state index is 0.0282. The van der Waals surface area contributed by atoms with E-state index in [4.69, 9.17) is 12.2 Å². The zero-order valence-corrected chi connectivity index (χ0v) is 14.0. The lowest BCUT2D eigenvalue weighted by Gasteiger charge is -2.10. The number of halogens is 1. The van der Waals surface area contributed by atoms with Crippen LogP contribution in [0.15, 0.2) is 54.6 Å². The highest BCUT2D eigenvalue weighted by Crippen LogP contribution is 2.47. The fourth-order valence-electron chi connectivity index (χ4n) is 2.57. The third-order valence-corrected chi connectivity index (χ3v) is 4.19. The molecule has 2 atom stereocenters. The Balaban J connectivity index is 1.44. The fraction of sp³-hybridized carbons (Fsp3) is 0.167. The van der Waals surface area contributed by atoms with E-state index in [-0.39, 0.29) is 28.4 Å². The van der Waals surface area contributed by atoms with E-state index in [1.165, 1.54) is 24.3 Å². The first-order chi connectivity index (χ1) is 12.0. The van der Waals surface area contributed by atoms with Gasteiger partial charge < -0.3 is 0 Å². The molecule has 128 valence electrons. The molecule has 5 nitrogen and oxygen atoms in total. The predicted octanol–water partition coefficient (Wildman–Crippen LogP) is 2.26. The van der Waals surface area contributed by atoms with Crippen molar-refractivity contribution in [3.63, 3.8) is 0 Å². The van der Waals surface area contributed by atoms with Gasteiger partial charge in [-0.1, -0.05) is 30.3 Å². The molecule has 2 aromatic rings. The monoisotopic (exact) mass is 357 g/mol. The van der Waals surface area contributed by atoms with Crippen LogP contribution in [0.4, 0.5) is 4.39 Å². The maximum absolute atomic E-state index is 12.8. The Hall–Kier alpha value is -2.80. The van der Waals surface area contributed by atoms with Crippen molar-refractivity contribution in [3.05, 3.63) is 71.5 Å². The van der Waals surface area contributed by atoms with Gasteiger partial charge in [-0.3, -0.25) is 25.8 Å². The van der Waals surface area contributed by atoms with Crippen molar-refractivity contribution in [3.8, 4) is 0 Å². The summed E-state index contributed by atoms with van der Waals surface area (Å²) < 4.78 is 12.8. The lowest BCUT2D eigenvalue weighted by Crippen LogP contribution is -2.49. The highest BCUT2D eigenvalue weighted by Gasteiger charge is 2.43. The fourth-order valence-corrected chi connectivity index (χ4v) is 2.72. The summed E-state index contributed by atoms with van der Waals surface area (Å²) >= 11 is 4.97. The van der Waals surface area contributed by atoms with Gasteiger partial charge in [0.25, 0.3) is 5.91 Å². The molecule has 0 spiro atoms. The second kappa shape index (κ2) is 7.40. The molecule has 0 saturated heterocycles. The summed E-state index contributed by atoms with van der Waals surface area (Å²) in [7, 11) is 0. The van der Waals surface area contributed by atoms with E-state index in [9.17, 15) is 14.0 Å². The summed E-state index contributed by atoms with van der Waals surface area (Å²) in [6.45, 7) is 0. The molecular formula is C18H16FN3O2S. The molecule has 0 aliphatic heterocycles. The molecular weight excluding hydrogens is 341 g/mol. The number of hydrogen-bond donors (Lipinski definition) is 3. The van der Waals surface area contributed by atoms with Crippen LogP contribution in [0.3, 0.4) is 0 Å². The Bertz CT molecular complexity index is 796. The second-order valence-corrected chi connectivity index (χ2v) is 6.17. The van der Waals surface area contributed by atoms with Crippen LogP contribution in [-0.2, 0) is 4.79 Å². The largest absolute Gasteiger partial charge is 0.298 e. The van der Waals surface area contributed by atoms with Crippen LogP contribution in [0.25, 0.3) is 0 Å². The summed E-state index contributed by atoms with van der Waals surface area (Å²) in [5.41, 5.74) is 6.42. The lowest BCUT2D eigenvalue weighted by atomic mass is 10.1. The van der Waals surface area contributed by atoms with Crippen LogP contribution in [0, 0.1) is 11.7 Å². The van der Waals surface area contributed by atoms with Gasteiger partial charge in [-0.15, -0.1) is 0 Å². The normalized spacial score (nSPS) is 18.1. The van der Waals surface area contributed by atoms with Crippen LogP contribution in [-0.4, -0.2) is 16.9 Å². The number of carbonyl (C=O) groups excluding carboxylic acids is 2. The number of amides is 2. The van der Waals surface area contributed by atoms with E-state index in [0.717, 1.165) is 12.0 Å². The minimum atomic E-state index is -0.486. The first-order valence-corrected chi connectivity index (χ1v) is 8.17. The third-order valence-electron chi connectivity index (χ3n) is 3.99. The second-order valence-electron chi connectivity index (χ2n) is 5.76. The first-order valence-electron chi connectivity index (χ1n) is 7.76. The van der Waals surface area contributed by atoms with E-state index in [1.807, 2.05) is 30.3 Å². The standard InChI is InChI=1S/C18H16FN3O2S/c19-13-8-6-12(7-9-13)16(23)20-18(25)22-21-17(24)15-10-14(15)11-4-2-1-3-5-11/h1-9,14-15H,10H2,(H,21,24)(H2,20,22,23,25)/t14-,15+/m0/s1. The first kappa shape index (κ1) is 17.0. The van der Waals surface area contributed by atoms with Gasteiger partial charge in [-0.25, -0.2) is 4.39 Å². The van der Waals surface area contributed by atoms with Crippen LogP contribution in [0.1, 0.15) is 28.3 Å². The smallest absolute Gasteiger partial charge is 0.257 e. The van der Waals surface area contributed by atoms with Gasteiger partial charge in [0.05, 0.1) is 0 Å². The van der Waals surface area contributed by atoms with Gasteiger partial charge in [0.15, 0.2) is 5.11 Å². The lowest BCUT2D eigenvalue weighted by molar-refractivity contribution is -0.123. The van der Waals surface area contributed by atoms with Crippen LogP contribution >= 0.6 is 12.2 Å². The van der Waals surface area contributed by atoms with Gasteiger partial charge in [-0.2, -0.15) is 0 Å². The Morgan fingerprint density at radius 3 is 2.36 bits per heavy atom. The Morgan fingerprint density at radius 2 is 1.68 bits per heavy atom. The van der Waals surface area contributed by atoms with E-state index in [2.05, 4.69) is 16.2 Å². The van der Waals surface area contributed by atoms with Gasteiger partial charge in [-0.05, 0) is 54.4 Å². The molecule has 3 N–H and O–H groups in total. The number of thiocarbonyl (C=S) groups is 1. The quantitative estimate of drug-likeness (QED) is 0.582. The molecule has 1 aliphatic carbocycles. The molecule has 1 aliphatic rings. The van der Waals surface area contributed by atoms with Gasteiger partial charge in [0, 0.05) is 11.5 Å². The van der Waals surface area contributed by atoms with Crippen molar-refractivity contribution in [2.24, 2.45) is 5.92 Å². The molecule has 2 amide bonds. The number of rotatable bonds is 3. The molecule has 2 aromatic carbocycles. The molecule has 0 heterocycles. The highest BCUT2D eigenvalue weighted by molar-refractivity contribution is 7.80. The van der Waals surface area contributed by atoms with Gasteiger partial charge in [0.1, 0.15) is 5.82 Å². The summed E-state index contributed by atoms with van der Waals surface area (Å²) in [5, 5.41) is 2.39. The predicted molar refractivity (Wildman–Crippen MR) is 95.0 cm³/mol. The number of hydrogen-bond acceptors (Lipinski definition) is 3. The Morgan fingerprint density at radius 1 is 1.00 bits per heavy atom. The minimum Gasteiger partial charge on any atom is -0.298 e. The highest BCUT2D eigenvalue weighted by atomic mass is 32.1. The average molecular weight is 357 g/mol. The molecule has 3 rings (SSSR count). The molecule has 0 bridgehead atoms. The van der Waals surface area contributed by atoms with Crippen molar-refractivity contribution in [1.29, 1.82) is 0 Å². The van der Waals surface area contributed by atoms with Crippen molar-refractivity contribution in [2.45, 2.75) is 12.3 Å². The molecule has 1 saturated carbocycles. The summed E-state index contributed by atoms with van der Waals surface area (Å²) in [6.07, 6.45) is 0.784. The summed E-state index contributed by atoms with van der Waals surface area (Å²) in [6, 6.07) is 14.9. The maximum Gasteiger partial charge on any atom is 0.257 e. The molecule has 1 fully saturated rings. The van der Waals surface area contributed by atoms with Gasteiger partial charge in [0.2, 0.25) is 5.91 Å². The van der Waals surface area contributed by atoms with Crippen LogP contribution in [0.2, 0.25) is 0 Å². The van der Waals surface area contributed by atoms with E-state index >= 15 is 0 Å². The van der Waals surface area contributed by atoms with Gasteiger partial charge >= 0.3 is 0 Å². The number of carbonyl (C=O) groups is 2. The Kier molecular flexibility index (Phi) is 5.04. The topological polar surface area (TPSA) is 70.2 Å². The molecule has 25 heavy (non-hydrogen) atoms. The van der Waals surface area contributed by atoms with E-state index in [0.29, 0.717) is 0 Å². The van der Waals surface area contributed by atoms with Crippen molar-refractivity contribution in [2.75, 3.05) is 0 Å². The van der Waals surface area contributed by atoms with E-state index in [1.54, 1.807) is 0 Å². The molecule has 0 unspecified atom stereocenters.